The van der Waals surface area contributed by atoms with Gasteiger partial charge in [-0.1, -0.05) is 0 Å². The zero-order valence-corrected chi connectivity index (χ0v) is 10.0. The van der Waals surface area contributed by atoms with Gasteiger partial charge in [-0.2, -0.15) is 0 Å². The van der Waals surface area contributed by atoms with Crippen LogP contribution >= 0.6 is 0 Å². The highest BCUT2D eigenvalue weighted by molar-refractivity contribution is 5.94. The smallest absolute Gasteiger partial charge is 0.404 e. The molecule has 0 atom stereocenters. The molecular formula is C11H16N4O3. The Bertz CT molecular complexity index is 448. The average molecular weight is 252 g/mol. The maximum Gasteiger partial charge on any atom is 0.404 e. The Morgan fingerprint density at radius 1 is 1.39 bits per heavy atom. The minimum atomic E-state index is -0.863. The third-order valence-electron chi connectivity index (χ3n) is 2.28. The normalized spacial score (nSPS) is 9.67. The van der Waals surface area contributed by atoms with Crippen LogP contribution in [-0.4, -0.2) is 25.2 Å². The number of ether oxygens (including phenoxy) is 1. The number of hydrazine groups is 1. The molecule has 0 aliphatic carbocycles. The molecule has 1 aromatic rings. The lowest BCUT2D eigenvalue weighted by atomic mass is 10.1. The lowest BCUT2D eigenvalue weighted by Gasteiger charge is -2.08. The monoisotopic (exact) mass is 252 g/mol. The van der Waals surface area contributed by atoms with Gasteiger partial charge in [0.05, 0.1) is 12.2 Å². The number of primary amides is 1. The van der Waals surface area contributed by atoms with Crippen LogP contribution < -0.4 is 22.3 Å². The van der Waals surface area contributed by atoms with Crippen LogP contribution in [0.1, 0.15) is 15.9 Å². The highest BCUT2D eigenvalue weighted by Crippen LogP contribution is 2.14. The van der Waals surface area contributed by atoms with Gasteiger partial charge >= 0.3 is 6.09 Å². The first-order chi connectivity index (χ1) is 8.54. The van der Waals surface area contributed by atoms with Gasteiger partial charge in [-0.05, 0) is 30.7 Å². The topological polar surface area (TPSA) is 119 Å². The van der Waals surface area contributed by atoms with E-state index in [1.165, 1.54) is 0 Å². The van der Waals surface area contributed by atoms with Crippen molar-refractivity contribution in [1.29, 1.82) is 0 Å². The second-order valence-electron chi connectivity index (χ2n) is 3.60. The van der Waals surface area contributed by atoms with Crippen molar-refractivity contribution in [1.82, 2.24) is 5.32 Å². The van der Waals surface area contributed by atoms with E-state index in [-0.39, 0.29) is 19.1 Å². The van der Waals surface area contributed by atoms with E-state index in [1.54, 1.807) is 18.2 Å². The molecule has 18 heavy (non-hydrogen) atoms. The third kappa shape index (κ3) is 3.95. The van der Waals surface area contributed by atoms with Gasteiger partial charge in [0.15, 0.2) is 0 Å². The summed E-state index contributed by atoms with van der Waals surface area (Å²) in [5.41, 5.74) is 9.42. The van der Waals surface area contributed by atoms with E-state index in [9.17, 15) is 9.59 Å². The van der Waals surface area contributed by atoms with Gasteiger partial charge in [0.25, 0.3) is 5.91 Å². The first-order valence-corrected chi connectivity index (χ1v) is 5.32. The van der Waals surface area contributed by atoms with E-state index in [2.05, 4.69) is 15.5 Å². The number of carbonyl (C=O) groups is 2. The molecule has 0 aliphatic rings. The summed E-state index contributed by atoms with van der Waals surface area (Å²) in [6.07, 6.45) is -0.863. The van der Waals surface area contributed by atoms with E-state index in [0.717, 1.165) is 11.3 Å². The second-order valence-corrected chi connectivity index (χ2v) is 3.60. The fourth-order valence-corrected chi connectivity index (χ4v) is 1.39. The van der Waals surface area contributed by atoms with E-state index < -0.39 is 6.09 Å². The molecule has 6 N–H and O–H groups in total. The minimum Gasteiger partial charge on any atom is -0.448 e. The molecule has 0 aromatic heterocycles. The van der Waals surface area contributed by atoms with E-state index in [1.807, 2.05) is 6.92 Å². The van der Waals surface area contributed by atoms with Crippen LogP contribution in [0.15, 0.2) is 18.2 Å². The number of amides is 2. The van der Waals surface area contributed by atoms with E-state index >= 15 is 0 Å². The summed E-state index contributed by atoms with van der Waals surface area (Å²) in [6.45, 7) is 2.09. The zero-order chi connectivity index (χ0) is 13.5. The molecule has 7 nitrogen and oxygen atoms in total. The van der Waals surface area contributed by atoms with Crippen LogP contribution in [0.2, 0.25) is 0 Å². The molecule has 2 amide bonds. The van der Waals surface area contributed by atoms with Crippen molar-refractivity contribution < 1.29 is 14.3 Å². The summed E-state index contributed by atoms with van der Waals surface area (Å²) < 4.78 is 4.49. The lowest BCUT2D eigenvalue weighted by Crippen LogP contribution is -2.29. The van der Waals surface area contributed by atoms with Gasteiger partial charge in [0, 0.05) is 5.56 Å². The molecule has 1 aromatic carbocycles. The summed E-state index contributed by atoms with van der Waals surface area (Å²) >= 11 is 0. The van der Waals surface area contributed by atoms with Gasteiger partial charge < -0.3 is 21.2 Å². The summed E-state index contributed by atoms with van der Waals surface area (Å²) in [6, 6.07) is 5.07. The molecule has 0 spiro atoms. The molecule has 7 heteroatoms. The molecule has 0 aliphatic heterocycles. The molecule has 0 saturated heterocycles. The highest BCUT2D eigenvalue weighted by Gasteiger charge is 2.07. The van der Waals surface area contributed by atoms with Crippen LogP contribution in [0.4, 0.5) is 10.5 Å². The first kappa shape index (κ1) is 13.8. The Balaban J connectivity index is 2.51. The fourth-order valence-electron chi connectivity index (χ4n) is 1.39. The summed E-state index contributed by atoms with van der Waals surface area (Å²) in [5.74, 6) is 5.04. The molecule has 0 saturated carbocycles. The van der Waals surface area contributed by atoms with Crippen molar-refractivity contribution in [2.24, 2.45) is 11.6 Å². The Morgan fingerprint density at radius 3 is 2.67 bits per heavy atom. The third-order valence-corrected chi connectivity index (χ3v) is 2.28. The van der Waals surface area contributed by atoms with Crippen LogP contribution in [0, 0.1) is 6.92 Å². The maximum atomic E-state index is 11.7. The van der Waals surface area contributed by atoms with Crippen molar-refractivity contribution >= 4 is 17.7 Å². The summed E-state index contributed by atoms with van der Waals surface area (Å²) in [4.78, 5) is 22.0. The predicted octanol–water partition coefficient (Wildman–Crippen LogP) is 0.106. The molecule has 1 rings (SSSR count). The molecule has 0 fully saturated rings. The maximum absolute atomic E-state index is 11.7. The standard InChI is InChI=1S/C11H16N4O3/c1-7-6-8(2-3-9(7)15-13)10(16)14-4-5-18-11(12)17/h2-3,6,15H,4-5,13H2,1H3,(H2,12,17)(H,14,16). The number of nitrogens with one attached hydrogen (secondary N) is 2. The Kier molecular flexibility index (Phi) is 4.94. The van der Waals surface area contributed by atoms with Crippen LogP contribution in [-0.2, 0) is 4.74 Å². The molecule has 0 heterocycles. The number of nitrogens with two attached hydrogens (primary N) is 2. The molecular weight excluding hydrogens is 236 g/mol. The number of nitrogen functional groups attached to an aromatic ring is 1. The molecule has 98 valence electrons. The van der Waals surface area contributed by atoms with Crippen LogP contribution in [0.5, 0.6) is 0 Å². The van der Waals surface area contributed by atoms with Crippen LogP contribution in [0.25, 0.3) is 0 Å². The first-order valence-electron chi connectivity index (χ1n) is 5.32. The summed E-state index contributed by atoms with van der Waals surface area (Å²) in [7, 11) is 0. The lowest BCUT2D eigenvalue weighted by molar-refractivity contribution is 0.0937. The van der Waals surface area contributed by atoms with Crippen molar-refractivity contribution in [3.05, 3.63) is 29.3 Å². The van der Waals surface area contributed by atoms with E-state index in [0.29, 0.717) is 5.56 Å². The largest absolute Gasteiger partial charge is 0.448 e. The number of hydrogen-bond acceptors (Lipinski definition) is 5. The van der Waals surface area contributed by atoms with Gasteiger partial charge in [0.2, 0.25) is 0 Å². The van der Waals surface area contributed by atoms with Gasteiger partial charge in [-0.15, -0.1) is 0 Å². The molecule has 0 radical (unpaired) electrons. The number of rotatable bonds is 5. The average Bonchev–Trinajstić information content (AvgIpc) is 2.34. The highest BCUT2D eigenvalue weighted by atomic mass is 16.5. The molecule has 0 bridgehead atoms. The number of benzene rings is 1. The zero-order valence-electron chi connectivity index (χ0n) is 10.0. The predicted molar refractivity (Wildman–Crippen MR) is 66.9 cm³/mol. The van der Waals surface area contributed by atoms with Crippen molar-refractivity contribution in [2.45, 2.75) is 6.92 Å². The van der Waals surface area contributed by atoms with E-state index in [4.69, 9.17) is 11.6 Å². The number of hydrogen-bond donors (Lipinski definition) is 4. The fraction of sp³-hybridized carbons (Fsp3) is 0.273. The Morgan fingerprint density at radius 2 is 2.11 bits per heavy atom. The quantitative estimate of drug-likeness (QED) is 0.337. The second kappa shape index (κ2) is 6.45. The van der Waals surface area contributed by atoms with Gasteiger partial charge in [0.1, 0.15) is 6.61 Å². The minimum absolute atomic E-state index is 0.0441. The van der Waals surface area contributed by atoms with Crippen molar-refractivity contribution in [3.63, 3.8) is 0 Å². The van der Waals surface area contributed by atoms with Crippen molar-refractivity contribution in [2.75, 3.05) is 18.6 Å². The van der Waals surface area contributed by atoms with Crippen LogP contribution in [0.3, 0.4) is 0 Å². The van der Waals surface area contributed by atoms with Crippen molar-refractivity contribution in [3.8, 4) is 0 Å². The Labute approximate surface area is 104 Å². The SMILES string of the molecule is Cc1cc(C(=O)NCCOC(N)=O)ccc1NN. The number of aryl methyl sites for hydroxylation is 1. The summed E-state index contributed by atoms with van der Waals surface area (Å²) in [5, 5.41) is 2.60. The van der Waals surface area contributed by atoms with Gasteiger partial charge in [-0.3, -0.25) is 10.6 Å². The number of anilines is 1. The van der Waals surface area contributed by atoms with Gasteiger partial charge in [-0.25, -0.2) is 4.79 Å². The number of carbonyl (C=O) groups excluding carboxylic acids is 2. The Hall–Kier alpha value is -2.28. The molecule has 0 unspecified atom stereocenters.